The van der Waals surface area contributed by atoms with Crippen LogP contribution in [0.5, 0.6) is 5.75 Å². The Bertz CT molecular complexity index is 1040. The Hall–Kier alpha value is -3.21. The number of benzene rings is 2. The van der Waals surface area contributed by atoms with Crippen molar-refractivity contribution in [1.82, 2.24) is 9.47 Å². The van der Waals surface area contributed by atoms with Crippen LogP contribution in [0.3, 0.4) is 0 Å². The smallest absolute Gasteiger partial charge is 0.322 e. The van der Waals surface area contributed by atoms with Gasteiger partial charge in [-0.25, -0.2) is 4.79 Å². The van der Waals surface area contributed by atoms with Crippen molar-refractivity contribution >= 4 is 11.7 Å². The maximum absolute atomic E-state index is 13.5. The molecule has 0 aliphatic carbocycles. The highest BCUT2D eigenvalue weighted by atomic mass is 16.5. The van der Waals surface area contributed by atoms with E-state index in [-0.39, 0.29) is 18.0 Å². The molecule has 5 heteroatoms. The number of hydrogen-bond acceptors (Lipinski definition) is 2. The fourth-order valence-corrected chi connectivity index (χ4v) is 4.18. The van der Waals surface area contributed by atoms with Crippen LogP contribution in [0.15, 0.2) is 60.8 Å². The fraction of sp³-hybridized carbons (Fsp3) is 0.292. The molecule has 2 aromatic carbocycles. The molecule has 1 aliphatic heterocycles. The van der Waals surface area contributed by atoms with Crippen molar-refractivity contribution in [2.45, 2.75) is 33.4 Å². The lowest BCUT2D eigenvalue weighted by Gasteiger charge is -2.33. The molecule has 0 unspecified atom stereocenters. The number of amides is 2. The van der Waals surface area contributed by atoms with Crippen molar-refractivity contribution in [1.29, 1.82) is 0 Å². The van der Waals surface area contributed by atoms with Crippen molar-refractivity contribution in [2.24, 2.45) is 5.92 Å². The zero-order chi connectivity index (χ0) is 20.5. The summed E-state index contributed by atoms with van der Waals surface area (Å²) in [5.41, 5.74) is 5.13. The van der Waals surface area contributed by atoms with Crippen molar-refractivity contribution in [3.63, 3.8) is 0 Å². The largest absolute Gasteiger partial charge is 0.495 e. The number of rotatable bonds is 3. The Morgan fingerprint density at radius 1 is 1.14 bits per heavy atom. The lowest BCUT2D eigenvalue weighted by atomic mass is 9.99. The van der Waals surface area contributed by atoms with Crippen molar-refractivity contribution in [2.75, 3.05) is 12.4 Å². The maximum Gasteiger partial charge on any atom is 0.322 e. The molecule has 0 saturated carbocycles. The molecular formula is C24H27N3O2. The lowest BCUT2D eigenvalue weighted by molar-refractivity contribution is 0.162. The number of nitrogens with zero attached hydrogens (tertiary/aromatic N) is 2. The van der Waals surface area contributed by atoms with Crippen LogP contribution >= 0.6 is 0 Å². The minimum Gasteiger partial charge on any atom is -0.495 e. The van der Waals surface area contributed by atoms with E-state index in [2.05, 4.69) is 48.1 Å². The lowest BCUT2D eigenvalue weighted by Crippen LogP contribution is -2.39. The van der Waals surface area contributed by atoms with Crippen molar-refractivity contribution in [3.05, 3.63) is 77.6 Å². The number of urea groups is 1. The van der Waals surface area contributed by atoms with Gasteiger partial charge in [0.05, 0.1) is 31.1 Å². The topological polar surface area (TPSA) is 46.5 Å². The van der Waals surface area contributed by atoms with Crippen LogP contribution in [-0.2, 0) is 6.54 Å². The van der Waals surface area contributed by atoms with Gasteiger partial charge in [-0.2, -0.15) is 0 Å². The highest BCUT2D eigenvalue weighted by Gasteiger charge is 2.33. The first-order valence-electron chi connectivity index (χ1n) is 9.97. The van der Waals surface area contributed by atoms with Crippen LogP contribution in [0.4, 0.5) is 10.5 Å². The fourth-order valence-electron chi connectivity index (χ4n) is 4.18. The quantitative estimate of drug-likeness (QED) is 0.639. The van der Waals surface area contributed by atoms with Crippen LogP contribution in [0.2, 0.25) is 0 Å². The molecule has 1 aliphatic rings. The first kappa shape index (κ1) is 19.1. The first-order valence-corrected chi connectivity index (χ1v) is 9.97. The highest BCUT2D eigenvalue weighted by molar-refractivity contribution is 5.91. The molecule has 2 amide bonds. The SMILES string of the molecule is COc1ccc(C)cc1NC(=O)N1Cc2ccccc2-n2cccc2[C@H]1C(C)C. The van der Waals surface area contributed by atoms with Gasteiger partial charge in [-0.3, -0.25) is 0 Å². The van der Waals surface area contributed by atoms with E-state index in [4.69, 9.17) is 4.74 Å². The van der Waals surface area contributed by atoms with Gasteiger partial charge in [0, 0.05) is 11.9 Å². The minimum atomic E-state index is -0.128. The van der Waals surface area contributed by atoms with Gasteiger partial charge in [0.25, 0.3) is 0 Å². The summed E-state index contributed by atoms with van der Waals surface area (Å²) in [5.74, 6) is 0.909. The average Bonchev–Trinajstić information content (AvgIpc) is 3.11. The van der Waals surface area contributed by atoms with Crippen LogP contribution in [0, 0.1) is 12.8 Å². The predicted molar refractivity (Wildman–Crippen MR) is 116 cm³/mol. The molecule has 5 nitrogen and oxygen atoms in total. The number of carbonyl (C=O) groups excluding carboxylic acids is 1. The molecule has 1 atom stereocenters. The summed E-state index contributed by atoms with van der Waals surface area (Å²) >= 11 is 0. The van der Waals surface area contributed by atoms with Crippen LogP contribution in [0.1, 0.15) is 36.7 Å². The van der Waals surface area contributed by atoms with Gasteiger partial charge in [-0.1, -0.05) is 38.1 Å². The monoisotopic (exact) mass is 389 g/mol. The van der Waals surface area contributed by atoms with E-state index >= 15 is 0 Å². The van der Waals surface area contributed by atoms with Crippen LogP contribution < -0.4 is 10.1 Å². The number of para-hydroxylation sites is 1. The van der Waals surface area contributed by atoms with Gasteiger partial charge >= 0.3 is 6.03 Å². The van der Waals surface area contributed by atoms with Gasteiger partial charge < -0.3 is 19.5 Å². The number of fused-ring (bicyclic) bond motifs is 3. The molecule has 2 heterocycles. The van der Waals surface area contributed by atoms with E-state index < -0.39 is 0 Å². The van der Waals surface area contributed by atoms with E-state index in [1.54, 1.807) is 7.11 Å². The maximum atomic E-state index is 13.5. The van der Waals surface area contributed by atoms with Gasteiger partial charge in [0.1, 0.15) is 5.75 Å². The number of nitrogens with one attached hydrogen (secondary N) is 1. The van der Waals surface area contributed by atoms with Gasteiger partial charge in [-0.05, 0) is 54.3 Å². The molecule has 0 radical (unpaired) electrons. The summed E-state index contributed by atoms with van der Waals surface area (Å²) < 4.78 is 7.66. The normalized spacial score (nSPS) is 15.5. The number of methoxy groups -OCH3 is 1. The minimum absolute atomic E-state index is 0.0480. The summed E-state index contributed by atoms with van der Waals surface area (Å²) in [6.07, 6.45) is 2.08. The number of carbonyl (C=O) groups is 1. The van der Waals surface area contributed by atoms with Gasteiger partial charge in [-0.15, -0.1) is 0 Å². The Balaban J connectivity index is 1.76. The second-order valence-electron chi connectivity index (χ2n) is 7.88. The number of anilines is 1. The second kappa shape index (κ2) is 7.66. The molecule has 0 fully saturated rings. The molecule has 0 spiro atoms. The van der Waals surface area contributed by atoms with Gasteiger partial charge in [0.15, 0.2) is 0 Å². The zero-order valence-corrected chi connectivity index (χ0v) is 17.3. The van der Waals surface area contributed by atoms with Crippen LogP contribution in [0.25, 0.3) is 5.69 Å². The summed E-state index contributed by atoms with van der Waals surface area (Å²) in [6.45, 7) is 6.86. The summed E-state index contributed by atoms with van der Waals surface area (Å²) in [5, 5.41) is 3.09. The Morgan fingerprint density at radius 2 is 1.93 bits per heavy atom. The third kappa shape index (κ3) is 3.48. The van der Waals surface area contributed by atoms with Crippen molar-refractivity contribution < 1.29 is 9.53 Å². The van der Waals surface area contributed by atoms with Crippen molar-refractivity contribution in [3.8, 4) is 11.4 Å². The molecule has 3 aromatic rings. The Morgan fingerprint density at radius 3 is 2.69 bits per heavy atom. The summed E-state index contributed by atoms with van der Waals surface area (Å²) in [4.78, 5) is 15.4. The Labute approximate surface area is 171 Å². The molecule has 1 aromatic heterocycles. The second-order valence-corrected chi connectivity index (χ2v) is 7.88. The number of hydrogen-bond donors (Lipinski definition) is 1. The predicted octanol–water partition coefficient (Wildman–Crippen LogP) is 5.54. The highest BCUT2D eigenvalue weighted by Crippen LogP contribution is 2.37. The first-order chi connectivity index (χ1) is 14.0. The molecular weight excluding hydrogens is 362 g/mol. The van der Waals surface area contributed by atoms with E-state index in [0.717, 1.165) is 22.5 Å². The molecule has 150 valence electrons. The standard InChI is InChI=1S/C24H27N3O2/c1-16(2)23-21-10-7-13-26(21)20-9-6-5-8-18(20)15-27(23)24(28)25-19-14-17(3)11-12-22(19)29-4/h5-14,16,23H,15H2,1-4H3,(H,25,28)/t23-/m1/s1. The third-order valence-corrected chi connectivity index (χ3v) is 5.50. The summed E-state index contributed by atoms with van der Waals surface area (Å²) in [6, 6.07) is 18.1. The van der Waals surface area contributed by atoms with Crippen LogP contribution in [-0.4, -0.2) is 22.6 Å². The summed E-state index contributed by atoms with van der Waals surface area (Å²) in [7, 11) is 1.62. The number of ether oxygens (including phenoxy) is 1. The number of aromatic nitrogens is 1. The third-order valence-electron chi connectivity index (χ3n) is 5.50. The van der Waals surface area contributed by atoms with Gasteiger partial charge in [0.2, 0.25) is 0 Å². The molecule has 29 heavy (non-hydrogen) atoms. The molecule has 0 bridgehead atoms. The molecule has 4 rings (SSSR count). The van der Waals surface area contributed by atoms with E-state index in [1.165, 1.54) is 0 Å². The molecule has 0 saturated heterocycles. The number of aryl methyl sites for hydroxylation is 1. The van der Waals surface area contributed by atoms with E-state index in [1.807, 2.05) is 48.2 Å². The Kier molecular flexibility index (Phi) is 5.05. The zero-order valence-electron chi connectivity index (χ0n) is 17.3. The van der Waals surface area contributed by atoms with E-state index in [0.29, 0.717) is 18.0 Å². The molecule has 1 N–H and O–H groups in total. The van der Waals surface area contributed by atoms with E-state index in [9.17, 15) is 4.79 Å². The average molecular weight is 389 g/mol.